The second-order valence-corrected chi connectivity index (χ2v) is 6.93. The van der Waals surface area contributed by atoms with E-state index in [2.05, 4.69) is 16.6 Å². The van der Waals surface area contributed by atoms with Crippen LogP contribution in [0.2, 0.25) is 0 Å². The van der Waals surface area contributed by atoms with Crippen molar-refractivity contribution < 1.29 is 13.5 Å². The highest BCUT2D eigenvalue weighted by atomic mass is 32.2. The molecule has 0 aliphatic carbocycles. The van der Waals surface area contributed by atoms with E-state index in [0.717, 1.165) is 5.56 Å². The molecule has 2 N–H and O–H groups in total. The minimum atomic E-state index is -3.34. The third-order valence-electron chi connectivity index (χ3n) is 2.78. The van der Waals surface area contributed by atoms with Crippen molar-refractivity contribution in [2.24, 2.45) is 5.92 Å². The van der Waals surface area contributed by atoms with Gasteiger partial charge in [-0.2, -0.15) is 0 Å². The van der Waals surface area contributed by atoms with E-state index in [9.17, 15) is 8.42 Å². The lowest BCUT2D eigenvalue weighted by atomic mass is 10.1. The number of aryl methyl sites for hydroxylation is 1. The molecule has 0 amide bonds. The summed E-state index contributed by atoms with van der Waals surface area (Å²) in [6, 6.07) is 5.29. The molecular weight excluding hydrogens is 274 g/mol. The van der Waals surface area contributed by atoms with Gasteiger partial charge in [0.1, 0.15) is 6.61 Å². The van der Waals surface area contributed by atoms with Crippen LogP contribution in [0, 0.1) is 24.7 Å². The second kappa shape index (κ2) is 7.32. The first-order valence-corrected chi connectivity index (χ1v) is 8.20. The lowest BCUT2D eigenvalue weighted by molar-refractivity contribution is 0.350. The Hall–Kier alpha value is -1.51. The van der Waals surface area contributed by atoms with Crippen molar-refractivity contribution >= 4 is 15.7 Å². The van der Waals surface area contributed by atoms with Crippen LogP contribution in [0.25, 0.3) is 0 Å². The van der Waals surface area contributed by atoms with Gasteiger partial charge in [0.05, 0.1) is 11.4 Å². The van der Waals surface area contributed by atoms with Gasteiger partial charge in [-0.1, -0.05) is 31.8 Å². The molecule has 0 spiro atoms. The monoisotopic (exact) mass is 295 g/mol. The molecule has 1 rings (SSSR count). The molecule has 110 valence electrons. The zero-order valence-electron chi connectivity index (χ0n) is 12.1. The molecule has 0 atom stereocenters. The molecule has 0 bridgehead atoms. The average molecular weight is 295 g/mol. The Morgan fingerprint density at radius 3 is 2.65 bits per heavy atom. The Labute approximate surface area is 121 Å². The van der Waals surface area contributed by atoms with Gasteiger partial charge in [-0.25, -0.2) is 8.42 Å². The zero-order valence-corrected chi connectivity index (χ0v) is 12.9. The summed E-state index contributed by atoms with van der Waals surface area (Å²) < 4.78 is 26.6. The van der Waals surface area contributed by atoms with Crippen LogP contribution in [0.4, 0.5) is 5.69 Å². The van der Waals surface area contributed by atoms with Crippen molar-refractivity contribution in [3.05, 3.63) is 29.3 Å². The number of rotatable bonds is 5. The van der Waals surface area contributed by atoms with Crippen LogP contribution in [-0.4, -0.2) is 25.9 Å². The molecule has 0 aromatic heterocycles. The van der Waals surface area contributed by atoms with Crippen molar-refractivity contribution in [2.45, 2.75) is 27.2 Å². The Balaban J connectivity index is 2.91. The van der Waals surface area contributed by atoms with Gasteiger partial charge in [0.25, 0.3) is 0 Å². The number of aliphatic hydroxyl groups excluding tert-OH is 1. The van der Waals surface area contributed by atoms with Gasteiger partial charge in [-0.15, -0.1) is 0 Å². The van der Waals surface area contributed by atoms with Crippen molar-refractivity contribution in [1.29, 1.82) is 0 Å². The maximum absolute atomic E-state index is 12.0. The fourth-order valence-electron chi connectivity index (χ4n) is 1.56. The Kier molecular flexibility index (Phi) is 6.05. The molecule has 1 aromatic carbocycles. The number of benzene rings is 1. The van der Waals surface area contributed by atoms with Crippen LogP contribution in [-0.2, 0) is 10.0 Å². The number of hydrogen-bond donors (Lipinski definition) is 2. The highest BCUT2D eigenvalue weighted by Crippen LogP contribution is 2.18. The summed E-state index contributed by atoms with van der Waals surface area (Å²) in [7, 11) is -3.34. The molecule has 0 heterocycles. The smallest absolute Gasteiger partial charge is 0.232 e. The summed E-state index contributed by atoms with van der Waals surface area (Å²) in [6.45, 7) is 5.60. The van der Waals surface area contributed by atoms with E-state index in [4.69, 9.17) is 5.11 Å². The number of aliphatic hydroxyl groups is 1. The number of sulfonamides is 1. The van der Waals surface area contributed by atoms with Crippen LogP contribution in [0.5, 0.6) is 0 Å². The quantitative estimate of drug-likeness (QED) is 0.818. The molecule has 5 heteroatoms. The van der Waals surface area contributed by atoms with Gasteiger partial charge in [0.15, 0.2) is 0 Å². The summed E-state index contributed by atoms with van der Waals surface area (Å²) in [4.78, 5) is 0. The Bertz CT molecular complexity index is 610. The van der Waals surface area contributed by atoms with E-state index in [0.29, 0.717) is 23.6 Å². The maximum atomic E-state index is 12.0. The van der Waals surface area contributed by atoms with Gasteiger partial charge >= 0.3 is 0 Å². The first kappa shape index (κ1) is 16.5. The van der Waals surface area contributed by atoms with E-state index in [1.165, 1.54) is 0 Å². The Morgan fingerprint density at radius 1 is 1.35 bits per heavy atom. The van der Waals surface area contributed by atoms with Gasteiger partial charge in [0, 0.05) is 5.56 Å². The third kappa shape index (κ3) is 5.64. The fraction of sp³-hybridized carbons (Fsp3) is 0.467. The van der Waals surface area contributed by atoms with Crippen molar-refractivity contribution in [2.75, 3.05) is 17.1 Å². The summed E-state index contributed by atoms with van der Waals surface area (Å²) in [6.07, 6.45) is 0.623. The zero-order chi connectivity index (χ0) is 15.2. The van der Waals surface area contributed by atoms with Gasteiger partial charge in [-0.3, -0.25) is 4.72 Å². The van der Waals surface area contributed by atoms with E-state index < -0.39 is 10.0 Å². The summed E-state index contributed by atoms with van der Waals surface area (Å²) in [5.74, 6) is 5.76. The van der Waals surface area contributed by atoms with E-state index in [1.807, 2.05) is 26.8 Å². The molecule has 0 fully saturated rings. The molecule has 0 unspecified atom stereocenters. The number of hydrogen-bond acceptors (Lipinski definition) is 3. The fourth-order valence-corrected chi connectivity index (χ4v) is 3.00. The predicted molar refractivity (Wildman–Crippen MR) is 82.0 cm³/mol. The maximum Gasteiger partial charge on any atom is 0.232 e. The van der Waals surface area contributed by atoms with E-state index in [1.54, 1.807) is 12.1 Å². The van der Waals surface area contributed by atoms with Crippen LogP contribution in [0.1, 0.15) is 31.4 Å². The van der Waals surface area contributed by atoms with Crippen molar-refractivity contribution in [3.63, 3.8) is 0 Å². The molecule has 0 aliphatic rings. The topological polar surface area (TPSA) is 66.4 Å². The summed E-state index contributed by atoms with van der Waals surface area (Å²) in [5.41, 5.74) is 2.05. The molecule has 0 saturated carbocycles. The second-order valence-electron chi connectivity index (χ2n) is 5.09. The van der Waals surface area contributed by atoms with Crippen molar-refractivity contribution in [3.8, 4) is 11.8 Å². The Morgan fingerprint density at radius 2 is 2.05 bits per heavy atom. The van der Waals surface area contributed by atoms with Crippen LogP contribution >= 0.6 is 0 Å². The lowest BCUT2D eigenvalue weighted by Crippen LogP contribution is -2.18. The standard InChI is InChI=1S/C15H21NO3S/c1-12(2)8-10-20(18,19)16-15-11-14(5-4-9-17)7-6-13(15)3/h6-7,11-12,16-17H,8-10H2,1-3H3. The number of nitrogens with one attached hydrogen (secondary N) is 1. The van der Waals surface area contributed by atoms with Gasteiger partial charge in [0.2, 0.25) is 10.0 Å². The molecular formula is C15H21NO3S. The molecule has 0 saturated heterocycles. The van der Waals surface area contributed by atoms with Crippen LogP contribution in [0.15, 0.2) is 18.2 Å². The minimum Gasteiger partial charge on any atom is -0.384 e. The molecule has 0 aliphatic heterocycles. The van der Waals surface area contributed by atoms with E-state index in [-0.39, 0.29) is 12.4 Å². The predicted octanol–water partition coefficient (Wildman–Crippen LogP) is 2.13. The SMILES string of the molecule is Cc1ccc(C#CCO)cc1NS(=O)(=O)CCC(C)C. The van der Waals surface area contributed by atoms with Crippen molar-refractivity contribution in [1.82, 2.24) is 0 Å². The molecule has 0 radical (unpaired) electrons. The van der Waals surface area contributed by atoms with E-state index >= 15 is 0 Å². The lowest BCUT2D eigenvalue weighted by Gasteiger charge is -2.12. The first-order chi connectivity index (χ1) is 9.34. The van der Waals surface area contributed by atoms with Crippen LogP contribution < -0.4 is 4.72 Å². The highest BCUT2D eigenvalue weighted by molar-refractivity contribution is 7.92. The average Bonchev–Trinajstić information content (AvgIpc) is 2.37. The minimum absolute atomic E-state index is 0.108. The van der Waals surface area contributed by atoms with Gasteiger partial charge < -0.3 is 5.11 Å². The van der Waals surface area contributed by atoms with Gasteiger partial charge in [-0.05, 0) is 37.0 Å². The molecule has 20 heavy (non-hydrogen) atoms. The summed E-state index contributed by atoms with van der Waals surface area (Å²) in [5, 5.41) is 8.67. The normalized spacial score (nSPS) is 11.1. The summed E-state index contributed by atoms with van der Waals surface area (Å²) >= 11 is 0. The van der Waals surface area contributed by atoms with Crippen LogP contribution in [0.3, 0.4) is 0 Å². The number of anilines is 1. The third-order valence-corrected chi connectivity index (χ3v) is 4.08. The highest BCUT2D eigenvalue weighted by Gasteiger charge is 2.12. The largest absolute Gasteiger partial charge is 0.384 e. The first-order valence-electron chi connectivity index (χ1n) is 6.55. The molecule has 4 nitrogen and oxygen atoms in total. The molecule has 1 aromatic rings.